The van der Waals surface area contributed by atoms with Crippen LogP contribution in [0.25, 0.3) is 0 Å². The lowest BCUT2D eigenvalue weighted by Gasteiger charge is -2.14. The molecule has 0 fully saturated rings. The Bertz CT molecular complexity index is 538. The summed E-state index contributed by atoms with van der Waals surface area (Å²) in [5.41, 5.74) is 9.59. The summed E-state index contributed by atoms with van der Waals surface area (Å²) < 4.78 is 2.04. The first-order valence-electron chi connectivity index (χ1n) is 5.68. The molecule has 1 heterocycles. The van der Waals surface area contributed by atoms with Gasteiger partial charge in [0.05, 0.1) is 0 Å². The van der Waals surface area contributed by atoms with Crippen LogP contribution in [-0.2, 0) is 6.42 Å². The highest BCUT2D eigenvalue weighted by Crippen LogP contribution is 2.25. The molecule has 0 spiro atoms. The zero-order chi connectivity index (χ0) is 13.1. The Labute approximate surface area is 124 Å². The molecule has 2 rings (SSSR count). The van der Waals surface area contributed by atoms with E-state index in [0.29, 0.717) is 0 Å². The van der Waals surface area contributed by atoms with Crippen LogP contribution in [-0.4, -0.2) is 4.98 Å². The van der Waals surface area contributed by atoms with Crippen molar-refractivity contribution in [1.29, 1.82) is 0 Å². The lowest BCUT2D eigenvalue weighted by molar-refractivity contribution is 0.702. The molecule has 94 valence electrons. The summed E-state index contributed by atoms with van der Waals surface area (Å²) in [6, 6.07) is 10.2. The summed E-state index contributed by atoms with van der Waals surface area (Å²) in [6.45, 7) is 2.07. The van der Waals surface area contributed by atoms with Gasteiger partial charge in [0.15, 0.2) is 0 Å². The van der Waals surface area contributed by atoms with Crippen molar-refractivity contribution in [2.75, 3.05) is 0 Å². The van der Waals surface area contributed by atoms with Crippen LogP contribution < -0.4 is 5.73 Å². The van der Waals surface area contributed by atoms with Gasteiger partial charge in [-0.1, -0.05) is 33.6 Å². The molecule has 0 aliphatic heterocycles. The Morgan fingerprint density at radius 2 is 2.00 bits per heavy atom. The molecule has 2 N–H and O–H groups in total. The van der Waals surface area contributed by atoms with E-state index in [-0.39, 0.29) is 6.04 Å². The molecule has 0 aliphatic rings. The van der Waals surface area contributed by atoms with E-state index >= 15 is 0 Å². The third kappa shape index (κ3) is 3.40. The third-order valence-electron chi connectivity index (χ3n) is 2.77. The van der Waals surface area contributed by atoms with E-state index in [1.54, 1.807) is 6.20 Å². The standard InChI is InChI=1S/C14H14Br2N2/c1-9-2-5-13(16)12(6-9)14(17)7-11-4-3-10(15)8-18-11/h2-6,8,14H,7,17H2,1H3. The average Bonchev–Trinajstić information content (AvgIpc) is 2.35. The van der Waals surface area contributed by atoms with E-state index in [4.69, 9.17) is 5.73 Å². The van der Waals surface area contributed by atoms with Gasteiger partial charge in [-0.15, -0.1) is 0 Å². The van der Waals surface area contributed by atoms with Crippen LogP contribution in [0.2, 0.25) is 0 Å². The van der Waals surface area contributed by atoms with Crippen LogP contribution in [0.5, 0.6) is 0 Å². The fourth-order valence-corrected chi connectivity index (χ4v) is 2.58. The smallest absolute Gasteiger partial charge is 0.0423 e. The van der Waals surface area contributed by atoms with E-state index in [1.807, 2.05) is 18.2 Å². The minimum Gasteiger partial charge on any atom is -0.324 e. The number of hydrogen-bond donors (Lipinski definition) is 1. The Morgan fingerprint density at radius 3 is 2.67 bits per heavy atom. The van der Waals surface area contributed by atoms with Crippen molar-refractivity contribution < 1.29 is 0 Å². The van der Waals surface area contributed by atoms with Crippen molar-refractivity contribution in [2.24, 2.45) is 5.73 Å². The quantitative estimate of drug-likeness (QED) is 0.882. The molecule has 0 saturated heterocycles. The highest BCUT2D eigenvalue weighted by molar-refractivity contribution is 9.10. The maximum Gasteiger partial charge on any atom is 0.0423 e. The average molecular weight is 370 g/mol. The highest BCUT2D eigenvalue weighted by atomic mass is 79.9. The molecule has 0 bridgehead atoms. The summed E-state index contributed by atoms with van der Waals surface area (Å²) in [5, 5.41) is 0. The SMILES string of the molecule is Cc1ccc(Br)c(C(N)Cc2ccc(Br)cn2)c1. The van der Waals surface area contributed by atoms with E-state index in [2.05, 4.69) is 55.9 Å². The summed E-state index contributed by atoms with van der Waals surface area (Å²) >= 11 is 6.92. The van der Waals surface area contributed by atoms with Gasteiger partial charge in [0, 0.05) is 33.3 Å². The van der Waals surface area contributed by atoms with E-state index in [9.17, 15) is 0 Å². The molecule has 18 heavy (non-hydrogen) atoms. The molecule has 1 unspecified atom stereocenters. The zero-order valence-electron chi connectivity index (χ0n) is 10.0. The van der Waals surface area contributed by atoms with Crippen LogP contribution in [0.15, 0.2) is 45.5 Å². The first-order chi connectivity index (χ1) is 8.56. The fraction of sp³-hybridized carbons (Fsp3) is 0.214. The number of halogens is 2. The number of hydrogen-bond acceptors (Lipinski definition) is 2. The fourth-order valence-electron chi connectivity index (χ4n) is 1.81. The van der Waals surface area contributed by atoms with Crippen LogP contribution in [0, 0.1) is 6.92 Å². The van der Waals surface area contributed by atoms with Gasteiger partial charge in [-0.25, -0.2) is 0 Å². The molecular weight excluding hydrogens is 356 g/mol. The minimum absolute atomic E-state index is 0.0482. The van der Waals surface area contributed by atoms with E-state index in [1.165, 1.54) is 5.56 Å². The van der Waals surface area contributed by atoms with Gasteiger partial charge in [-0.2, -0.15) is 0 Å². The molecule has 1 aromatic heterocycles. The molecule has 4 heteroatoms. The summed E-state index contributed by atoms with van der Waals surface area (Å²) in [7, 11) is 0. The van der Waals surface area contributed by atoms with Gasteiger partial charge in [0.25, 0.3) is 0 Å². The van der Waals surface area contributed by atoms with Crippen molar-refractivity contribution in [1.82, 2.24) is 4.98 Å². The van der Waals surface area contributed by atoms with Gasteiger partial charge in [-0.05, 0) is 46.6 Å². The van der Waals surface area contributed by atoms with Crippen molar-refractivity contribution in [3.05, 3.63) is 62.3 Å². The Kier molecular flexibility index (Phi) is 4.54. The lowest BCUT2D eigenvalue weighted by atomic mass is 10.0. The van der Waals surface area contributed by atoms with Crippen molar-refractivity contribution in [3.8, 4) is 0 Å². The van der Waals surface area contributed by atoms with Crippen LogP contribution in [0.3, 0.4) is 0 Å². The van der Waals surface area contributed by atoms with E-state index < -0.39 is 0 Å². The second kappa shape index (κ2) is 5.95. The summed E-state index contributed by atoms with van der Waals surface area (Å²) in [5.74, 6) is 0. The van der Waals surface area contributed by atoms with Crippen LogP contribution in [0.4, 0.5) is 0 Å². The van der Waals surface area contributed by atoms with Crippen molar-refractivity contribution in [2.45, 2.75) is 19.4 Å². The maximum atomic E-state index is 6.25. The molecule has 1 atom stereocenters. The first kappa shape index (κ1) is 13.7. The van der Waals surface area contributed by atoms with Gasteiger partial charge in [-0.3, -0.25) is 4.98 Å². The number of pyridine rings is 1. The Hall–Kier alpha value is -0.710. The van der Waals surface area contributed by atoms with E-state index in [0.717, 1.165) is 26.6 Å². The first-order valence-corrected chi connectivity index (χ1v) is 7.27. The van der Waals surface area contributed by atoms with Crippen LogP contribution in [0.1, 0.15) is 22.9 Å². The molecular formula is C14H14Br2N2. The molecule has 0 amide bonds. The van der Waals surface area contributed by atoms with Gasteiger partial charge in [0.2, 0.25) is 0 Å². The third-order valence-corrected chi connectivity index (χ3v) is 3.96. The van der Waals surface area contributed by atoms with Crippen molar-refractivity contribution >= 4 is 31.9 Å². The molecule has 2 nitrogen and oxygen atoms in total. The van der Waals surface area contributed by atoms with Crippen LogP contribution >= 0.6 is 31.9 Å². The molecule has 1 aromatic carbocycles. The number of nitrogens with zero attached hydrogens (tertiary/aromatic N) is 1. The molecule has 0 radical (unpaired) electrons. The largest absolute Gasteiger partial charge is 0.324 e. The van der Waals surface area contributed by atoms with Crippen molar-refractivity contribution in [3.63, 3.8) is 0 Å². The zero-order valence-corrected chi connectivity index (χ0v) is 13.2. The predicted molar refractivity (Wildman–Crippen MR) is 81.4 cm³/mol. The van der Waals surface area contributed by atoms with Gasteiger partial charge < -0.3 is 5.73 Å². The summed E-state index contributed by atoms with van der Waals surface area (Å²) in [4.78, 5) is 4.35. The summed E-state index contributed by atoms with van der Waals surface area (Å²) in [6.07, 6.45) is 2.53. The number of benzene rings is 1. The maximum absolute atomic E-state index is 6.25. The van der Waals surface area contributed by atoms with Gasteiger partial charge in [0.1, 0.15) is 0 Å². The number of aryl methyl sites for hydroxylation is 1. The number of nitrogens with two attached hydrogens (primary N) is 1. The minimum atomic E-state index is -0.0482. The number of aromatic nitrogens is 1. The topological polar surface area (TPSA) is 38.9 Å². The molecule has 0 saturated carbocycles. The monoisotopic (exact) mass is 368 g/mol. The molecule has 2 aromatic rings. The normalized spacial score (nSPS) is 12.4. The Morgan fingerprint density at radius 1 is 1.22 bits per heavy atom. The number of rotatable bonds is 3. The Balaban J connectivity index is 2.18. The highest BCUT2D eigenvalue weighted by Gasteiger charge is 2.11. The predicted octanol–water partition coefficient (Wildman–Crippen LogP) is 4.16. The van der Waals surface area contributed by atoms with Gasteiger partial charge >= 0.3 is 0 Å². The molecule has 0 aliphatic carbocycles. The second-order valence-corrected chi connectivity index (χ2v) is 6.07. The second-order valence-electron chi connectivity index (χ2n) is 4.30. The lowest BCUT2D eigenvalue weighted by Crippen LogP contribution is -2.14.